The first-order valence-electron chi connectivity index (χ1n) is 2.75. The average molecular weight is 160 g/mol. The maximum Gasteiger partial charge on any atom is 0.220 e. The molecule has 0 radical (unpaired) electrons. The fourth-order valence-electron chi connectivity index (χ4n) is 0.577. The predicted octanol–water partition coefficient (Wildman–Crippen LogP) is 1.84. The zero-order chi connectivity index (χ0) is 7.72. The predicted molar refractivity (Wildman–Crippen MR) is 36.3 cm³/mol. The second kappa shape index (κ2) is 2.42. The molecule has 4 heteroatoms. The Morgan fingerprint density at radius 1 is 1.70 bits per heavy atom. The van der Waals surface area contributed by atoms with Gasteiger partial charge in [-0.05, 0) is 6.92 Å². The number of nitrogens with zero attached hydrogens (tertiary/aromatic N) is 1. The first kappa shape index (κ1) is 7.28. The summed E-state index contributed by atoms with van der Waals surface area (Å²) in [6.07, 6.45) is 0. The van der Waals surface area contributed by atoms with Crippen LogP contribution in [0, 0.1) is 6.92 Å². The van der Waals surface area contributed by atoms with Gasteiger partial charge in [0.05, 0.1) is 5.69 Å². The van der Waals surface area contributed by atoms with E-state index in [1.54, 1.807) is 6.92 Å². The van der Waals surface area contributed by atoms with Gasteiger partial charge in [0.1, 0.15) is 5.02 Å². The molecule has 10 heavy (non-hydrogen) atoms. The standard InChI is InChI=1S/C6H6ClNO2/c1-3-5(7)6(4(2)9)10-8-3/h1-2H3. The molecular weight excluding hydrogens is 154 g/mol. The summed E-state index contributed by atoms with van der Waals surface area (Å²) in [4.78, 5) is 10.7. The minimum absolute atomic E-state index is 0.138. The van der Waals surface area contributed by atoms with E-state index in [-0.39, 0.29) is 11.5 Å². The van der Waals surface area contributed by atoms with Crippen molar-refractivity contribution in [2.24, 2.45) is 0 Å². The van der Waals surface area contributed by atoms with E-state index in [1.807, 2.05) is 0 Å². The van der Waals surface area contributed by atoms with Crippen LogP contribution in [0.25, 0.3) is 0 Å². The molecule has 0 atom stereocenters. The first-order chi connectivity index (χ1) is 4.63. The number of hydrogen-bond acceptors (Lipinski definition) is 3. The van der Waals surface area contributed by atoms with Crippen LogP contribution in [0.3, 0.4) is 0 Å². The van der Waals surface area contributed by atoms with E-state index < -0.39 is 0 Å². The van der Waals surface area contributed by atoms with Gasteiger partial charge in [-0.15, -0.1) is 0 Å². The summed E-state index contributed by atoms with van der Waals surface area (Å²) < 4.78 is 4.62. The minimum Gasteiger partial charge on any atom is -0.351 e. The van der Waals surface area contributed by atoms with Crippen LogP contribution in [0.4, 0.5) is 0 Å². The number of carbonyl (C=O) groups is 1. The summed E-state index contributed by atoms with van der Waals surface area (Å²) in [6.45, 7) is 3.06. The molecule has 0 fully saturated rings. The van der Waals surface area contributed by atoms with Gasteiger partial charge in [0.15, 0.2) is 5.78 Å². The summed E-state index contributed by atoms with van der Waals surface area (Å²) in [6, 6.07) is 0. The number of aryl methyl sites for hydroxylation is 1. The summed E-state index contributed by atoms with van der Waals surface area (Å²) >= 11 is 5.63. The molecule has 0 unspecified atom stereocenters. The number of halogens is 1. The van der Waals surface area contributed by atoms with E-state index in [9.17, 15) is 4.79 Å². The highest BCUT2D eigenvalue weighted by Gasteiger charge is 2.13. The number of hydrogen-bond donors (Lipinski definition) is 0. The Balaban J connectivity index is 3.17. The Kier molecular flexibility index (Phi) is 1.76. The molecule has 0 amide bonds. The molecule has 0 saturated carbocycles. The third-order valence-corrected chi connectivity index (χ3v) is 1.56. The molecule has 54 valence electrons. The SMILES string of the molecule is CC(=O)c1onc(C)c1Cl. The van der Waals surface area contributed by atoms with Gasteiger partial charge in [0, 0.05) is 6.92 Å². The second-order valence-electron chi connectivity index (χ2n) is 1.97. The number of Topliss-reactive ketones (excluding diaryl/α,β-unsaturated/α-hetero) is 1. The lowest BCUT2D eigenvalue weighted by molar-refractivity contribution is 0.0978. The largest absolute Gasteiger partial charge is 0.351 e. The van der Waals surface area contributed by atoms with Crippen molar-refractivity contribution in [3.8, 4) is 0 Å². The van der Waals surface area contributed by atoms with Crippen molar-refractivity contribution in [3.63, 3.8) is 0 Å². The van der Waals surface area contributed by atoms with Crippen molar-refractivity contribution >= 4 is 17.4 Å². The van der Waals surface area contributed by atoms with Gasteiger partial charge in [-0.3, -0.25) is 4.79 Å². The fraction of sp³-hybridized carbons (Fsp3) is 0.333. The molecule has 0 aliphatic heterocycles. The molecular formula is C6H6ClNO2. The summed E-state index contributed by atoms with van der Waals surface area (Å²) in [5.41, 5.74) is 0.548. The van der Waals surface area contributed by atoms with Crippen LogP contribution in [-0.2, 0) is 0 Å². The first-order valence-corrected chi connectivity index (χ1v) is 3.13. The van der Waals surface area contributed by atoms with Crippen LogP contribution in [0.2, 0.25) is 5.02 Å². The van der Waals surface area contributed by atoms with Gasteiger partial charge in [-0.2, -0.15) is 0 Å². The van der Waals surface area contributed by atoms with Crippen LogP contribution in [-0.4, -0.2) is 10.9 Å². The Bertz CT molecular complexity index is 267. The van der Waals surface area contributed by atoms with E-state index in [0.717, 1.165) is 0 Å². The molecule has 1 rings (SSSR count). The van der Waals surface area contributed by atoms with Crippen molar-refractivity contribution in [1.29, 1.82) is 0 Å². The lowest BCUT2D eigenvalue weighted by Gasteiger charge is -1.83. The molecule has 0 bridgehead atoms. The van der Waals surface area contributed by atoms with Crippen LogP contribution in [0.5, 0.6) is 0 Å². The van der Waals surface area contributed by atoms with Crippen molar-refractivity contribution in [3.05, 3.63) is 16.5 Å². The molecule has 1 aromatic rings. The molecule has 0 aliphatic rings. The second-order valence-corrected chi connectivity index (χ2v) is 2.35. The molecule has 0 saturated heterocycles. The highest BCUT2D eigenvalue weighted by molar-refractivity contribution is 6.33. The topological polar surface area (TPSA) is 43.1 Å². The normalized spacial score (nSPS) is 9.90. The lowest BCUT2D eigenvalue weighted by Crippen LogP contribution is -1.88. The Labute approximate surface area is 63.0 Å². The molecule has 0 spiro atoms. The van der Waals surface area contributed by atoms with Crippen LogP contribution >= 0.6 is 11.6 Å². The number of rotatable bonds is 1. The molecule has 0 N–H and O–H groups in total. The number of aromatic nitrogens is 1. The summed E-state index contributed by atoms with van der Waals surface area (Å²) in [7, 11) is 0. The minimum atomic E-state index is -0.203. The van der Waals surface area contributed by atoms with E-state index in [0.29, 0.717) is 10.7 Å². The summed E-state index contributed by atoms with van der Waals surface area (Å²) in [5.74, 6) is -0.0650. The van der Waals surface area contributed by atoms with Gasteiger partial charge in [-0.25, -0.2) is 0 Å². The Morgan fingerprint density at radius 3 is 2.50 bits per heavy atom. The molecule has 1 heterocycles. The van der Waals surface area contributed by atoms with Crippen molar-refractivity contribution in [1.82, 2.24) is 5.16 Å². The van der Waals surface area contributed by atoms with Gasteiger partial charge in [-0.1, -0.05) is 16.8 Å². The number of carbonyl (C=O) groups excluding carboxylic acids is 1. The zero-order valence-electron chi connectivity index (χ0n) is 5.64. The zero-order valence-corrected chi connectivity index (χ0v) is 6.40. The maximum atomic E-state index is 10.7. The molecule has 0 aromatic carbocycles. The van der Waals surface area contributed by atoms with E-state index in [1.165, 1.54) is 6.92 Å². The molecule has 3 nitrogen and oxygen atoms in total. The molecule has 0 aliphatic carbocycles. The lowest BCUT2D eigenvalue weighted by atomic mass is 10.3. The molecule has 1 aromatic heterocycles. The van der Waals surface area contributed by atoms with Crippen LogP contribution < -0.4 is 0 Å². The number of ketones is 1. The van der Waals surface area contributed by atoms with Gasteiger partial charge in [0.2, 0.25) is 5.76 Å². The van der Waals surface area contributed by atoms with Gasteiger partial charge >= 0.3 is 0 Å². The van der Waals surface area contributed by atoms with Crippen LogP contribution in [0.15, 0.2) is 4.52 Å². The van der Waals surface area contributed by atoms with Crippen molar-refractivity contribution in [2.45, 2.75) is 13.8 Å². The highest BCUT2D eigenvalue weighted by atomic mass is 35.5. The van der Waals surface area contributed by atoms with Gasteiger partial charge in [0.25, 0.3) is 0 Å². The highest BCUT2D eigenvalue weighted by Crippen LogP contribution is 2.19. The third kappa shape index (κ3) is 1.04. The smallest absolute Gasteiger partial charge is 0.220 e. The Hall–Kier alpha value is -0.830. The fourth-order valence-corrected chi connectivity index (χ4v) is 0.779. The van der Waals surface area contributed by atoms with E-state index in [4.69, 9.17) is 11.6 Å². The Morgan fingerprint density at radius 2 is 2.30 bits per heavy atom. The van der Waals surface area contributed by atoms with Crippen molar-refractivity contribution in [2.75, 3.05) is 0 Å². The third-order valence-electron chi connectivity index (χ3n) is 1.11. The average Bonchev–Trinajstić information content (AvgIpc) is 2.14. The summed E-state index contributed by atoms with van der Waals surface area (Å²) in [5, 5.41) is 3.82. The van der Waals surface area contributed by atoms with E-state index >= 15 is 0 Å². The quantitative estimate of drug-likeness (QED) is 0.588. The van der Waals surface area contributed by atoms with Crippen LogP contribution in [0.1, 0.15) is 23.2 Å². The maximum absolute atomic E-state index is 10.7. The van der Waals surface area contributed by atoms with E-state index in [2.05, 4.69) is 9.68 Å². The monoisotopic (exact) mass is 159 g/mol. The van der Waals surface area contributed by atoms with Gasteiger partial charge < -0.3 is 4.52 Å². The van der Waals surface area contributed by atoms with Crippen molar-refractivity contribution < 1.29 is 9.32 Å².